The van der Waals surface area contributed by atoms with Crippen LogP contribution in [0.5, 0.6) is 0 Å². The van der Waals surface area contributed by atoms with Crippen molar-refractivity contribution >= 4 is 5.97 Å². The first-order chi connectivity index (χ1) is 6.49. The molecule has 0 unspecified atom stereocenters. The molecule has 5 heteroatoms. The number of hydrogen-bond acceptors (Lipinski definition) is 3. The van der Waals surface area contributed by atoms with Crippen LogP contribution < -0.4 is 0 Å². The molecule has 78 valence electrons. The van der Waals surface area contributed by atoms with Gasteiger partial charge in [-0.15, -0.1) is 0 Å². The topological polar surface area (TPSA) is 58.4 Å². The summed E-state index contributed by atoms with van der Waals surface area (Å²) in [6.45, 7) is 2.59. The normalized spacial score (nSPS) is 10.9. The number of carboxylic acids is 1. The van der Waals surface area contributed by atoms with Gasteiger partial charge in [0.15, 0.2) is 0 Å². The van der Waals surface area contributed by atoms with Crippen LogP contribution in [0.15, 0.2) is 6.20 Å². The standard InChI is InChI=1S/C9H15N3O2/c1-7-8(5-12(3)10-7)4-11(2)6-9(13)14/h5H,4,6H2,1-3H3,(H,13,14). The van der Waals surface area contributed by atoms with Gasteiger partial charge in [0.25, 0.3) is 0 Å². The summed E-state index contributed by atoms with van der Waals surface area (Å²) in [7, 11) is 3.63. The molecule has 0 saturated heterocycles. The molecule has 1 rings (SSSR count). The number of nitrogens with zero attached hydrogens (tertiary/aromatic N) is 3. The van der Waals surface area contributed by atoms with Crippen LogP contribution in [0.2, 0.25) is 0 Å². The Morgan fingerprint density at radius 2 is 2.36 bits per heavy atom. The first kappa shape index (κ1) is 10.7. The number of carboxylic acid groups (broad SMARTS) is 1. The second-order valence-electron chi connectivity index (χ2n) is 3.48. The minimum Gasteiger partial charge on any atom is -0.480 e. The van der Waals surface area contributed by atoms with Gasteiger partial charge in [0.05, 0.1) is 12.2 Å². The molecule has 0 fully saturated rings. The lowest BCUT2D eigenvalue weighted by atomic mass is 10.2. The Labute approximate surface area is 82.9 Å². The Balaban J connectivity index is 2.59. The van der Waals surface area contributed by atoms with Crippen molar-refractivity contribution in [3.8, 4) is 0 Å². The summed E-state index contributed by atoms with van der Waals surface area (Å²) in [4.78, 5) is 12.2. The van der Waals surface area contributed by atoms with E-state index in [9.17, 15) is 4.79 Å². The average molecular weight is 197 g/mol. The molecule has 0 aliphatic carbocycles. The largest absolute Gasteiger partial charge is 0.480 e. The Morgan fingerprint density at radius 3 is 2.79 bits per heavy atom. The second kappa shape index (κ2) is 4.23. The van der Waals surface area contributed by atoms with Crippen molar-refractivity contribution in [2.24, 2.45) is 7.05 Å². The molecular weight excluding hydrogens is 182 g/mol. The number of aliphatic carboxylic acids is 1. The van der Waals surface area contributed by atoms with E-state index in [0.29, 0.717) is 6.54 Å². The van der Waals surface area contributed by atoms with Gasteiger partial charge < -0.3 is 5.11 Å². The molecule has 0 bridgehead atoms. The third-order valence-electron chi connectivity index (χ3n) is 1.96. The van der Waals surface area contributed by atoms with Crippen LogP contribution in [0.25, 0.3) is 0 Å². The molecule has 0 aliphatic rings. The zero-order valence-corrected chi connectivity index (χ0v) is 8.69. The fourth-order valence-electron chi connectivity index (χ4n) is 1.38. The Kier molecular flexibility index (Phi) is 3.24. The van der Waals surface area contributed by atoms with E-state index in [1.54, 1.807) is 16.6 Å². The van der Waals surface area contributed by atoms with Gasteiger partial charge in [0.1, 0.15) is 0 Å². The highest BCUT2D eigenvalue weighted by Crippen LogP contribution is 2.06. The van der Waals surface area contributed by atoms with Crippen molar-refractivity contribution in [2.75, 3.05) is 13.6 Å². The Morgan fingerprint density at radius 1 is 1.71 bits per heavy atom. The van der Waals surface area contributed by atoms with Gasteiger partial charge in [-0.3, -0.25) is 14.4 Å². The maximum Gasteiger partial charge on any atom is 0.317 e. The van der Waals surface area contributed by atoms with E-state index in [0.717, 1.165) is 11.3 Å². The highest BCUT2D eigenvalue weighted by Gasteiger charge is 2.08. The molecule has 0 saturated carbocycles. The molecule has 1 heterocycles. The maximum atomic E-state index is 10.4. The summed E-state index contributed by atoms with van der Waals surface area (Å²) in [6, 6.07) is 0. The van der Waals surface area contributed by atoms with Crippen LogP contribution in [-0.2, 0) is 18.4 Å². The van der Waals surface area contributed by atoms with Crippen molar-refractivity contribution in [1.82, 2.24) is 14.7 Å². The fraction of sp³-hybridized carbons (Fsp3) is 0.556. The summed E-state index contributed by atoms with van der Waals surface area (Å²) < 4.78 is 1.74. The summed E-state index contributed by atoms with van der Waals surface area (Å²) in [6.07, 6.45) is 1.91. The summed E-state index contributed by atoms with van der Waals surface area (Å²) >= 11 is 0. The molecule has 0 atom stereocenters. The second-order valence-corrected chi connectivity index (χ2v) is 3.48. The molecule has 0 spiro atoms. The summed E-state index contributed by atoms with van der Waals surface area (Å²) in [5.41, 5.74) is 2.01. The van der Waals surface area contributed by atoms with Gasteiger partial charge >= 0.3 is 5.97 Å². The molecule has 5 nitrogen and oxygen atoms in total. The number of aryl methyl sites for hydroxylation is 2. The third-order valence-corrected chi connectivity index (χ3v) is 1.96. The monoisotopic (exact) mass is 197 g/mol. The van der Waals surface area contributed by atoms with Crippen LogP contribution in [0.1, 0.15) is 11.3 Å². The van der Waals surface area contributed by atoms with Crippen LogP contribution in [0.4, 0.5) is 0 Å². The van der Waals surface area contributed by atoms with E-state index >= 15 is 0 Å². The predicted molar refractivity (Wildman–Crippen MR) is 51.9 cm³/mol. The lowest BCUT2D eigenvalue weighted by Gasteiger charge is -2.12. The van der Waals surface area contributed by atoms with Gasteiger partial charge in [0.2, 0.25) is 0 Å². The zero-order chi connectivity index (χ0) is 10.7. The molecule has 1 N–H and O–H groups in total. The zero-order valence-electron chi connectivity index (χ0n) is 8.69. The van der Waals surface area contributed by atoms with Crippen LogP contribution in [0, 0.1) is 6.92 Å². The molecule has 14 heavy (non-hydrogen) atoms. The summed E-state index contributed by atoms with van der Waals surface area (Å²) in [5, 5.41) is 12.8. The van der Waals surface area contributed by atoms with Crippen molar-refractivity contribution in [1.29, 1.82) is 0 Å². The lowest BCUT2D eigenvalue weighted by molar-refractivity contribution is -0.138. The Bertz CT molecular complexity index is 333. The number of carbonyl (C=O) groups is 1. The van der Waals surface area contributed by atoms with Crippen molar-refractivity contribution in [3.63, 3.8) is 0 Å². The van der Waals surface area contributed by atoms with Crippen LogP contribution >= 0.6 is 0 Å². The number of likely N-dealkylation sites (N-methyl/N-ethyl adjacent to an activating group) is 1. The number of rotatable bonds is 4. The highest BCUT2D eigenvalue weighted by atomic mass is 16.4. The smallest absolute Gasteiger partial charge is 0.317 e. The molecule has 0 aromatic carbocycles. The van der Waals surface area contributed by atoms with Crippen molar-refractivity contribution < 1.29 is 9.90 Å². The van der Waals surface area contributed by atoms with Gasteiger partial charge in [0, 0.05) is 25.4 Å². The van der Waals surface area contributed by atoms with Crippen molar-refractivity contribution in [2.45, 2.75) is 13.5 Å². The van der Waals surface area contributed by atoms with Crippen molar-refractivity contribution in [3.05, 3.63) is 17.5 Å². The van der Waals surface area contributed by atoms with E-state index in [-0.39, 0.29) is 6.54 Å². The molecule has 0 aliphatic heterocycles. The minimum absolute atomic E-state index is 0.0499. The van der Waals surface area contributed by atoms with Gasteiger partial charge in [-0.05, 0) is 14.0 Å². The Hall–Kier alpha value is -1.36. The van der Waals surface area contributed by atoms with E-state index in [1.807, 2.05) is 20.2 Å². The number of aromatic nitrogens is 2. The molecule has 1 aromatic heterocycles. The van der Waals surface area contributed by atoms with Gasteiger partial charge in [-0.25, -0.2) is 0 Å². The molecule has 1 aromatic rings. The van der Waals surface area contributed by atoms with Crippen LogP contribution in [-0.4, -0.2) is 39.3 Å². The minimum atomic E-state index is -0.811. The lowest BCUT2D eigenvalue weighted by Crippen LogP contribution is -2.25. The quantitative estimate of drug-likeness (QED) is 0.751. The SMILES string of the molecule is Cc1nn(C)cc1CN(C)CC(=O)O. The van der Waals surface area contributed by atoms with E-state index < -0.39 is 5.97 Å². The summed E-state index contributed by atoms with van der Waals surface area (Å²) in [5.74, 6) is -0.811. The fourth-order valence-corrected chi connectivity index (χ4v) is 1.38. The van der Waals surface area contributed by atoms with Crippen LogP contribution in [0.3, 0.4) is 0 Å². The average Bonchev–Trinajstić information content (AvgIpc) is 2.28. The van der Waals surface area contributed by atoms with Gasteiger partial charge in [-0.1, -0.05) is 0 Å². The first-order valence-corrected chi connectivity index (χ1v) is 4.38. The maximum absolute atomic E-state index is 10.4. The molecule has 0 radical (unpaired) electrons. The first-order valence-electron chi connectivity index (χ1n) is 4.38. The van der Waals surface area contributed by atoms with E-state index in [2.05, 4.69) is 5.10 Å². The predicted octanol–water partition coefficient (Wildman–Crippen LogP) is 0.245. The molecular formula is C9H15N3O2. The van der Waals surface area contributed by atoms with E-state index in [1.165, 1.54) is 0 Å². The van der Waals surface area contributed by atoms with Gasteiger partial charge in [-0.2, -0.15) is 5.10 Å². The molecule has 0 amide bonds. The third kappa shape index (κ3) is 2.85. The van der Waals surface area contributed by atoms with E-state index in [4.69, 9.17) is 5.11 Å². The number of hydrogen-bond donors (Lipinski definition) is 1. The highest BCUT2D eigenvalue weighted by molar-refractivity contribution is 5.69.